The summed E-state index contributed by atoms with van der Waals surface area (Å²) in [7, 11) is 0. The van der Waals surface area contributed by atoms with Crippen LogP contribution in [0, 0.1) is 5.41 Å². The molecule has 0 saturated heterocycles. The molecular formula is C26H35ClN2O4S-2. The second kappa shape index (κ2) is 12.6. The molecule has 0 spiro atoms. The van der Waals surface area contributed by atoms with Crippen LogP contribution in [-0.4, -0.2) is 27.2 Å². The maximum atomic E-state index is 12.7. The lowest BCUT2D eigenvalue weighted by Crippen LogP contribution is -2.64. The van der Waals surface area contributed by atoms with Crippen LogP contribution < -0.4 is 10.2 Å². The first kappa shape index (κ1) is 28.2. The predicted octanol–water partition coefficient (Wildman–Crippen LogP) is 4.21. The van der Waals surface area contributed by atoms with Crippen molar-refractivity contribution >= 4 is 35.3 Å². The molecule has 0 aliphatic rings. The highest BCUT2D eigenvalue weighted by atomic mass is 35.5. The highest BCUT2D eigenvalue weighted by molar-refractivity contribution is 7.99. The van der Waals surface area contributed by atoms with Gasteiger partial charge in [0.05, 0.1) is 30.1 Å². The summed E-state index contributed by atoms with van der Waals surface area (Å²) < 4.78 is 1.94. The Balaban J connectivity index is 2.79. The van der Waals surface area contributed by atoms with Gasteiger partial charge in [-0.1, -0.05) is 88.5 Å². The molecule has 2 rings (SSSR count). The fraction of sp³-hybridized carbons (Fsp3) is 0.577. The van der Waals surface area contributed by atoms with Gasteiger partial charge in [-0.25, -0.2) is 4.98 Å². The molecule has 0 aliphatic carbocycles. The number of hydrogen-bond acceptors (Lipinski definition) is 6. The third kappa shape index (κ3) is 5.30. The van der Waals surface area contributed by atoms with Crippen LogP contribution in [0.15, 0.2) is 35.6 Å². The van der Waals surface area contributed by atoms with Gasteiger partial charge in [0.2, 0.25) is 0 Å². The number of carboxylic acid groups (broad SMARTS) is 2. The van der Waals surface area contributed by atoms with E-state index in [2.05, 4.69) is 11.9 Å². The Morgan fingerprint density at radius 1 is 1.03 bits per heavy atom. The first-order chi connectivity index (χ1) is 16.2. The Hall–Kier alpha value is -1.99. The lowest BCUT2D eigenvalue weighted by atomic mass is 9.56. The van der Waals surface area contributed by atoms with Gasteiger partial charge in [0.1, 0.15) is 0 Å². The molecule has 0 N–H and O–H groups in total. The van der Waals surface area contributed by atoms with Crippen molar-refractivity contribution in [1.82, 2.24) is 9.55 Å². The number of halogens is 1. The number of thioether (sulfide) groups is 1. The third-order valence-corrected chi connectivity index (χ3v) is 8.47. The van der Waals surface area contributed by atoms with E-state index in [9.17, 15) is 19.8 Å². The minimum absolute atomic E-state index is 0.0537. The van der Waals surface area contributed by atoms with E-state index in [1.807, 2.05) is 43.5 Å². The second-order valence-electron chi connectivity index (χ2n) is 8.68. The molecule has 1 heterocycles. The summed E-state index contributed by atoms with van der Waals surface area (Å²) in [5.41, 5.74) is -2.03. The van der Waals surface area contributed by atoms with Crippen molar-refractivity contribution in [2.24, 2.45) is 5.41 Å². The number of aliphatic carboxylic acids is 2. The van der Waals surface area contributed by atoms with Crippen LogP contribution >= 0.6 is 23.4 Å². The van der Waals surface area contributed by atoms with Crippen molar-refractivity contribution in [1.29, 1.82) is 0 Å². The van der Waals surface area contributed by atoms with E-state index in [4.69, 9.17) is 11.6 Å². The Kier molecular flexibility index (Phi) is 10.5. The number of nitrogens with zero attached hydrogens (tertiary/aromatic N) is 2. The Morgan fingerprint density at radius 2 is 1.68 bits per heavy atom. The van der Waals surface area contributed by atoms with Gasteiger partial charge in [0, 0.05) is 21.9 Å². The molecule has 2 aromatic rings. The van der Waals surface area contributed by atoms with Crippen molar-refractivity contribution in [3.8, 4) is 0 Å². The molecule has 0 unspecified atom stereocenters. The van der Waals surface area contributed by atoms with E-state index < -0.39 is 22.8 Å². The van der Waals surface area contributed by atoms with Crippen LogP contribution in [0.3, 0.4) is 0 Å². The fourth-order valence-electron chi connectivity index (χ4n) is 4.99. The van der Waals surface area contributed by atoms with Gasteiger partial charge < -0.3 is 24.4 Å². The largest absolute Gasteiger partial charge is 0.549 e. The van der Waals surface area contributed by atoms with Gasteiger partial charge in [-0.05, 0) is 37.3 Å². The maximum absolute atomic E-state index is 12.7. The number of carboxylic acids is 2. The molecule has 188 valence electrons. The van der Waals surface area contributed by atoms with Crippen molar-refractivity contribution in [2.75, 3.05) is 5.75 Å². The van der Waals surface area contributed by atoms with Gasteiger partial charge >= 0.3 is 0 Å². The molecule has 0 radical (unpaired) electrons. The lowest BCUT2D eigenvalue weighted by molar-refractivity contribution is -0.349. The molecule has 0 atom stereocenters. The molecule has 1 aromatic carbocycles. The minimum atomic E-state index is -2.18. The zero-order valence-electron chi connectivity index (χ0n) is 20.6. The summed E-state index contributed by atoms with van der Waals surface area (Å²) in [5, 5.41) is 26.7. The molecule has 1 aromatic heterocycles. The molecule has 6 nitrogen and oxygen atoms in total. The van der Waals surface area contributed by atoms with Crippen molar-refractivity contribution < 1.29 is 19.8 Å². The summed E-state index contributed by atoms with van der Waals surface area (Å²) in [6, 6.07) is 7.45. The highest BCUT2D eigenvalue weighted by Gasteiger charge is 2.54. The Morgan fingerprint density at radius 3 is 2.21 bits per heavy atom. The van der Waals surface area contributed by atoms with Gasteiger partial charge in [0.25, 0.3) is 0 Å². The summed E-state index contributed by atoms with van der Waals surface area (Å²) in [5.74, 6) is -2.37. The zero-order valence-corrected chi connectivity index (χ0v) is 22.1. The van der Waals surface area contributed by atoms with E-state index >= 15 is 0 Å². The van der Waals surface area contributed by atoms with Gasteiger partial charge in [-0.15, -0.1) is 0 Å². The molecular weight excluding hydrogens is 472 g/mol. The van der Waals surface area contributed by atoms with Gasteiger partial charge in [0.15, 0.2) is 5.16 Å². The second-order valence-corrected chi connectivity index (χ2v) is 10.1. The summed E-state index contributed by atoms with van der Waals surface area (Å²) in [6.07, 6.45) is 5.10. The summed E-state index contributed by atoms with van der Waals surface area (Å²) in [4.78, 5) is 30.0. The Labute approximate surface area is 212 Å². The van der Waals surface area contributed by atoms with E-state index in [1.54, 1.807) is 24.0 Å². The van der Waals surface area contributed by atoms with E-state index in [1.165, 1.54) is 0 Å². The van der Waals surface area contributed by atoms with E-state index in [0.717, 1.165) is 30.6 Å². The monoisotopic (exact) mass is 506 g/mol. The summed E-state index contributed by atoms with van der Waals surface area (Å²) >= 11 is 8.02. The SMILES string of the molecule is CCCCCC(C(=O)[O-])(C(=O)[O-])C(CC)(CC)c1cnc(SCCC)n1Cc1ccccc1Cl. The standard InChI is InChI=1S/C26H37ClN2O4S/c1-5-9-12-15-26(22(30)31,23(32)33)25(7-3,8-4)21-17-28-24(34-16-6-2)29(21)18-19-13-10-11-14-20(19)27/h10-11,13-14,17H,5-9,12,15-16,18H2,1-4H3,(H,30,31)(H,32,33)/p-2. The van der Waals surface area contributed by atoms with Crippen LogP contribution in [-0.2, 0) is 21.5 Å². The van der Waals surface area contributed by atoms with Crippen LogP contribution in [0.5, 0.6) is 0 Å². The number of aromatic nitrogens is 2. The number of benzene rings is 1. The van der Waals surface area contributed by atoms with Crippen molar-refractivity contribution in [2.45, 2.75) is 89.8 Å². The van der Waals surface area contributed by atoms with Crippen molar-refractivity contribution in [3.63, 3.8) is 0 Å². The molecule has 0 fully saturated rings. The minimum Gasteiger partial charge on any atom is -0.549 e. The van der Waals surface area contributed by atoms with Crippen molar-refractivity contribution in [3.05, 3.63) is 46.7 Å². The smallest absolute Gasteiger partial charge is 0.168 e. The average molecular weight is 507 g/mol. The topological polar surface area (TPSA) is 98.1 Å². The highest BCUT2D eigenvalue weighted by Crippen LogP contribution is 2.51. The normalized spacial score (nSPS) is 12.1. The molecule has 0 saturated carbocycles. The van der Waals surface area contributed by atoms with Crippen LogP contribution in [0.25, 0.3) is 0 Å². The fourth-order valence-corrected chi connectivity index (χ4v) is 6.02. The first-order valence-electron chi connectivity index (χ1n) is 12.1. The first-order valence-corrected chi connectivity index (χ1v) is 13.5. The average Bonchev–Trinajstić information content (AvgIpc) is 3.21. The number of carbonyl (C=O) groups is 2. The molecule has 34 heavy (non-hydrogen) atoms. The quantitative estimate of drug-likeness (QED) is 0.204. The van der Waals surface area contributed by atoms with Crippen LogP contribution in [0.1, 0.15) is 83.9 Å². The molecule has 0 aliphatic heterocycles. The van der Waals surface area contributed by atoms with E-state index in [0.29, 0.717) is 28.8 Å². The number of hydrogen-bond donors (Lipinski definition) is 0. The molecule has 0 bridgehead atoms. The lowest BCUT2D eigenvalue weighted by Gasteiger charge is -2.52. The van der Waals surface area contributed by atoms with Crippen LogP contribution in [0.4, 0.5) is 0 Å². The zero-order chi connectivity index (χ0) is 25.4. The number of unbranched alkanes of at least 4 members (excludes halogenated alkanes) is 2. The maximum Gasteiger partial charge on any atom is 0.168 e. The number of carbonyl (C=O) groups excluding carboxylic acids is 2. The molecule has 0 amide bonds. The van der Waals surface area contributed by atoms with Gasteiger partial charge in [-0.2, -0.15) is 0 Å². The number of rotatable bonds is 15. The van der Waals surface area contributed by atoms with Crippen LogP contribution in [0.2, 0.25) is 5.02 Å². The molecule has 8 heteroatoms. The third-order valence-electron chi connectivity index (χ3n) is 6.91. The number of imidazole rings is 1. The van der Waals surface area contributed by atoms with E-state index in [-0.39, 0.29) is 19.3 Å². The predicted molar refractivity (Wildman–Crippen MR) is 133 cm³/mol. The van der Waals surface area contributed by atoms with Gasteiger partial charge in [-0.3, -0.25) is 0 Å². The summed E-state index contributed by atoms with van der Waals surface area (Å²) in [6.45, 7) is 8.07. The Bertz CT molecular complexity index is 957.